The Morgan fingerprint density at radius 1 is 1.38 bits per heavy atom. The molecule has 1 saturated carbocycles. The molecule has 0 aromatic rings. The van der Waals surface area contributed by atoms with E-state index in [2.05, 4.69) is 31.6 Å². The lowest BCUT2D eigenvalue weighted by molar-refractivity contribution is -0.134. The fourth-order valence-corrected chi connectivity index (χ4v) is 3.49. The zero-order valence-electron chi connectivity index (χ0n) is 16.6. The molecule has 26 heavy (non-hydrogen) atoms. The highest BCUT2D eigenvalue weighted by Gasteiger charge is 2.33. The molecule has 0 radical (unpaired) electrons. The van der Waals surface area contributed by atoms with E-state index in [0.29, 0.717) is 12.2 Å². The van der Waals surface area contributed by atoms with Crippen LogP contribution in [-0.2, 0) is 14.3 Å². The van der Waals surface area contributed by atoms with Crippen LogP contribution in [0.1, 0.15) is 59.3 Å². The number of aliphatic hydroxyl groups excluding tert-OH is 1. The minimum Gasteiger partial charge on any atom is -0.466 e. The van der Waals surface area contributed by atoms with Crippen molar-refractivity contribution in [3.63, 3.8) is 0 Å². The first kappa shape index (κ1) is 22.4. The summed E-state index contributed by atoms with van der Waals surface area (Å²) in [5.74, 6) is 0.186. The third-order valence-electron chi connectivity index (χ3n) is 5.22. The van der Waals surface area contributed by atoms with Crippen LogP contribution in [0.3, 0.4) is 0 Å². The molecular weight excluding hydrogens is 328 g/mol. The second-order valence-electron chi connectivity index (χ2n) is 7.73. The molecule has 0 aromatic heterocycles. The van der Waals surface area contributed by atoms with Crippen molar-refractivity contribution in [2.75, 3.05) is 7.11 Å². The van der Waals surface area contributed by atoms with E-state index < -0.39 is 6.10 Å². The van der Waals surface area contributed by atoms with Crippen LogP contribution in [0.5, 0.6) is 0 Å². The highest BCUT2D eigenvalue weighted by atomic mass is 16.5. The Hall–Kier alpha value is -1.68. The van der Waals surface area contributed by atoms with Crippen molar-refractivity contribution < 1.29 is 19.4 Å². The third kappa shape index (κ3) is 7.28. The number of ether oxygens (including phenoxy) is 1. The van der Waals surface area contributed by atoms with Crippen molar-refractivity contribution >= 4 is 11.8 Å². The van der Waals surface area contributed by atoms with Crippen LogP contribution in [0.15, 0.2) is 36.5 Å². The van der Waals surface area contributed by atoms with Crippen LogP contribution < -0.4 is 0 Å². The van der Waals surface area contributed by atoms with Gasteiger partial charge >= 0.3 is 5.97 Å². The van der Waals surface area contributed by atoms with Gasteiger partial charge in [-0.2, -0.15) is 0 Å². The molecule has 0 heterocycles. The molecule has 0 aliphatic heterocycles. The fourth-order valence-electron chi connectivity index (χ4n) is 3.49. The van der Waals surface area contributed by atoms with Crippen LogP contribution in [0.4, 0.5) is 0 Å². The molecule has 3 unspecified atom stereocenters. The van der Waals surface area contributed by atoms with Gasteiger partial charge < -0.3 is 9.84 Å². The first-order valence-corrected chi connectivity index (χ1v) is 9.62. The normalized spacial score (nSPS) is 22.7. The van der Waals surface area contributed by atoms with Gasteiger partial charge in [0.2, 0.25) is 0 Å². The van der Waals surface area contributed by atoms with Gasteiger partial charge in [-0.05, 0) is 37.0 Å². The van der Waals surface area contributed by atoms with Gasteiger partial charge in [0.25, 0.3) is 0 Å². The van der Waals surface area contributed by atoms with Gasteiger partial charge in [-0.15, -0.1) is 0 Å². The SMILES string of the molecule is CCCC(C)(C)C(O)/C=C/C1CCC(=O)C1CCC=C/C=C/C(=O)OC. The Labute approximate surface area is 158 Å². The van der Waals surface area contributed by atoms with Gasteiger partial charge in [0, 0.05) is 18.4 Å². The molecule has 0 bridgehead atoms. The van der Waals surface area contributed by atoms with Crippen molar-refractivity contribution in [3.05, 3.63) is 36.5 Å². The van der Waals surface area contributed by atoms with E-state index in [1.165, 1.54) is 13.2 Å². The van der Waals surface area contributed by atoms with Gasteiger partial charge in [0.15, 0.2) is 0 Å². The van der Waals surface area contributed by atoms with Crippen LogP contribution in [-0.4, -0.2) is 30.1 Å². The number of carbonyl (C=O) groups is 2. The standard InChI is InChI=1S/C22H34O4/c1-5-16-22(2,3)20(24)15-13-17-12-14-19(23)18(17)10-8-6-7-9-11-21(25)26-4/h6-7,9,11,13,15,17-18,20,24H,5,8,10,12,14,16H2,1-4H3/b7-6?,11-9+,15-13+. The number of hydrogen-bond acceptors (Lipinski definition) is 4. The number of methoxy groups -OCH3 is 1. The van der Waals surface area contributed by atoms with Crippen molar-refractivity contribution in [3.8, 4) is 0 Å². The number of allylic oxidation sites excluding steroid dienone is 4. The maximum absolute atomic E-state index is 12.2. The molecule has 1 rings (SSSR count). The minimum absolute atomic E-state index is 0.0296. The Bertz CT molecular complexity index is 542. The maximum atomic E-state index is 12.2. The van der Waals surface area contributed by atoms with Crippen LogP contribution >= 0.6 is 0 Å². The smallest absolute Gasteiger partial charge is 0.330 e. The molecule has 0 amide bonds. The van der Waals surface area contributed by atoms with Crippen molar-refractivity contribution in [1.29, 1.82) is 0 Å². The highest BCUT2D eigenvalue weighted by molar-refractivity contribution is 5.83. The minimum atomic E-state index is -0.484. The lowest BCUT2D eigenvalue weighted by Gasteiger charge is -2.28. The number of esters is 1. The summed E-state index contributed by atoms with van der Waals surface area (Å²) >= 11 is 0. The van der Waals surface area contributed by atoms with Crippen molar-refractivity contribution in [2.24, 2.45) is 17.3 Å². The van der Waals surface area contributed by atoms with E-state index in [1.807, 2.05) is 12.2 Å². The first-order valence-electron chi connectivity index (χ1n) is 9.62. The average Bonchev–Trinajstić information content (AvgIpc) is 2.95. The number of aliphatic hydroxyl groups is 1. The average molecular weight is 363 g/mol. The van der Waals surface area contributed by atoms with E-state index in [9.17, 15) is 14.7 Å². The molecule has 0 spiro atoms. The predicted octanol–water partition coefficient (Wildman–Crippen LogP) is 4.39. The molecule has 0 saturated heterocycles. The summed E-state index contributed by atoms with van der Waals surface area (Å²) in [5.41, 5.74) is -0.141. The van der Waals surface area contributed by atoms with E-state index in [-0.39, 0.29) is 23.2 Å². The van der Waals surface area contributed by atoms with E-state index >= 15 is 0 Å². The Morgan fingerprint density at radius 2 is 2.12 bits per heavy atom. The van der Waals surface area contributed by atoms with Gasteiger partial charge in [-0.3, -0.25) is 4.79 Å². The van der Waals surface area contributed by atoms with Gasteiger partial charge in [0.05, 0.1) is 13.2 Å². The van der Waals surface area contributed by atoms with E-state index in [0.717, 1.165) is 32.1 Å². The summed E-state index contributed by atoms with van der Waals surface area (Å²) in [6.07, 6.45) is 15.3. The summed E-state index contributed by atoms with van der Waals surface area (Å²) in [4.78, 5) is 23.1. The molecule has 0 aromatic carbocycles. The van der Waals surface area contributed by atoms with Gasteiger partial charge in [-0.1, -0.05) is 57.6 Å². The molecule has 1 N–H and O–H groups in total. The first-order chi connectivity index (χ1) is 12.3. The summed E-state index contributed by atoms with van der Waals surface area (Å²) in [6.45, 7) is 6.28. The maximum Gasteiger partial charge on any atom is 0.330 e. The van der Waals surface area contributed by atoms with Crippen LogP contribution in [0.2, 0.25) is 0 Å². The zero-order chi connectivity index (χ0) is 19.6. The molecule has 146 valence electrons. The third-order valence-corrected chi connectivity index (χ3v) is 5.22. The number of ketones is 1. The second-order valence-corrected chi connectivity index (χ2v) is 7.73. The van der Waals surface area contributed by atoms with Crippen LogP contribution in [0, 0.1) is 17.3 Å². The quantitative estimate of drug-likeness (QED) is 0.271. The van der Waals surface area contributed by atoms with Crippen LogP contribution in [0.25, 0.3) is 0 Å². The van der Waals surface area contributed by atoms with E-state index in [1.54, 1.807) is 12.2 Å². The van der Waals surface area contributed by atoms with Gasteiger partial charge in [0.1, 0.15) is 5.78 Å². The summed E-state index contributed by atoms with van der Waals surface area (Å²) in [7, 11) is 1.34. The monoisotopic (exact) mass is 362 g/mol. The Balaban J connectivity index is 2.55. The number of Topliss-reactive ketones (excluding diaryl/α,β-unsaturated/α-hetero) is 1. The number of carbonyl (C=O) groups excluding carboxylic acids is 2. The lowest BCUT2D eigenvalue weighted by atomic mass is 9.81. The molecule has 3 atom stereocenters. The molecule has 4 nitrogen and oxygen atoms in total. The summed E-state index contributed by atoms with van der Waals surface area (Å²) in [5, 5.41) is 10.4. The molecule has 1 aliphatic carbocycles. The molecular formula is C22H34O4. The second kappa shape index (κ2) is 11.1. The topological polar surface area (TPSA) is 63.6 Å². The lowest BCUT2D eigenvalue weighted by Crippen LogP contribution is -2.27. The zero-order valence-corrected chi connectivity index (χ0v) is 16.6. The van der Waals surface area contributed by atoms with E-state index in [4.69, 9.17) is 0 Å². The summed E-state index contributed by atoms with van der Waals surface area (Å²) in [6, 6.07) is 0. The number of rotatable bonds is 10. The largest absolute Gasteiger partial charge is 0.466 e. The van der Waals surface area contributed by atoms with Gasteiger partial charge in [-0.25, -0.2) is 4.79 Å². The van der Waals surface area contributed by atoms with Crippen molar-refractivity contribution in [1.82, 2.24) is 0 Å². The molecule has 1 aliphatic rings. The highest BCUT2D eigenvalue weighted by Crippen LogP contribution is 2.34. The molecule has 4 heteroatoms. The van der Waals surface area contributed by atoms with Crippen molar-refractivity contribution in [2.45, 2.75) is 65.4 Å². The Kier molecular flexibility index (Phi) is 9.57. The summed E-state index contributed by atoms with van der Waals surface area (Å²) < 4.78 is 4.52. The predicted molar refractivity (Wildman–Crippen MR) is 105 cm³/mol. The Morgan fingerprint density at radius 3 is 2.77 bits per heavy atom. The molecule has 1 fully saturated rings. The number of hydrogen-bond donors (Lipinski definition) is 1. The fraction of sp³-hybridized carbons (Fsp3) is 0.636.